The molecule has 13 heavy (non-hydrogen) atoms. The molecule has 2 rings (SSSR count). The van der Waals surface area contributed by atoms with Gasteiger partial charge in [0.05, 0.1) is 11.4 Å². The fraction of sp³-hybridized carbons (Fsp3) is 0.125. The predicted molar refractivity (Wildman–Crippen MR) is 51.5 cm³/mol. The molecular weight excluding hydrogens is 193 g/mol. The number of pyridine rings is 1. The number of nitrogen functional groups attached to an aromatic ring is 1. The first kappa shape index (κ1) is 9.80. The van der Waals surface area contributed by atoms with Crippen molar-refractivity contribution in [3.05, 3.63) is 30.0 Å². The number of hydrogen-bond acceptors (Lipinski definition) is 2. The van der Waals surface area contributed by atoms with Gasteiger partial charge in [-0.25, -0.2) is 9.37 Å². The van der Waals surface area contributed by atoms with Gasteiger partial charge < -0.3 is 10.1 Å². The average molecular weight is 202 g/mol. The first-order chi connectivity index (χ1) is 5.66. The summed E-state index contributed by atoms with van der Waals surface area (Å²) >= 11 is 0. The molecule has 0 bridgehead atoms. The number of aromatic nitrogens is 2. The first-order valence-corrected chi connectivity index (χ1v) is 3.57. The van der Waals surface area contributed by atoms with E-state index >= 15 is 0 Å². The summed E-state index contributed by atoms with van der Waals surface area (Å²) in [6, 6.07) is 1.27. The molecule has 0 fully saturated rings. The van der Waals surface area contributed by atoms with Gasteiger partial charge in [0, 0.05) is 18.5 Å². The van der Waals surface area contributed by atoms with E-state index in [1.54, 1.807) is 16.8 Å². The van der Waals surface area contributed by atoms with Crippen LogP contribution in [0.25, 0.3) is 5.65 Å². The second-order valence-corrected chi connectivity index (χ2v) is 2.73. The highest BCUT2D eigenvalue weighted by Gasteiger charge is 2.04. The Kier molecular flexibility index (Phi) is 2.43. The van der Waals surface area contributed by atoms with Crippen LogP contribution in [0, 0.1) is 12.7 Å². The second-order valence-electron chi connectivity index (χ2n) is 2.73. The van der Waals surface area contributed by atoms with Crippen molar-refractivity contribution >= 4 is 23.7 Å². The Balaban J connectivity index is 0.000000845. The maximum Gasteiger partial charge on any atom is 0.173 e. The van der Waals surface area contributed by atoms with Gasteiger partial charge in [-0.3, -0.25) is 0 Å². The number of aryl methyl sites for hydroxylation is 1. The predicted octanol–water partition coefficient (Wildman–Crippen LogP) is 1.79. The molecule has 0 unspecified atom stereocenters. The van der Waals surface area contributed by atoms with Gasteiger partial charge in [-0.15, -0.1) is 12.4 Å². The SMILES string of the molecule is Cc1cn2cc(N)cc(F)c2n1.Cl. The van der Waals surface area contributed by atoms with Crippen LogP contribution in [0.5, 0.6) is 0 Å². The van der Waals surface area contributed by atoms with Crippen LogP contribution >= 0.6 is 12.4 Å². The van der Waals surface area contributed by atoms with Crippen LogP contribution in [0.4, 0.5) is 10.1 Å². The highest BCUT2D eigenvalue weighted by atomic mass is 35.5. The van der Waals surface area contributed by atoms with Crippen LogP contribution in [0.2, 0.25) is 0 Å². The Morgan fingerprint density at radius 2 is 2.15 bits per heavy atom. The average Bonchev–Trinajstić information content (AvgIpc) is 2.29. The normalized spacial score (nSPS) is 10.0. The molecule has 2 aromatic rings. The Labute approximate surface area is 80.8 Å². The molecule has 0 atom stereocenters. The number of imidazole rings is 1. The third kappa shape index (κ3) is 1.58. The zero-order chi connectivity index (χ0) is 8.72. The molecule has 2 N–H and O–H groups in total. The van der Waals surface area contributed by atoms with Gasteiger partial charge in [0.2, 0.25) is 0 Å². The molecule has 5 heteroatoms. The highest BCUT2D eigenvalue weighted by molar-refractivity contribution is 5.85. The van der Waals surface area contributed by atoms with Crippen molar-refractivity contribution in [2.75, 3.05) is 5.73 Å². The van der Waals surface area contributed by atoms with Crippen LogP contribution in [0.3, 0.4) is 0 Å². The number of anilines is 1. The quantitative estimate of drug-likeness (QED) is 0.706. The van der Waals surface area contributed by atoms with Gasteiger partial charge in [-0.05, 0) is 6.92 Å². The summed E-state index contributed by atoms with van der Waals surface area (Å²) in [4.78, 5) is 3.99. The summed E-state index contributed by atoms with van der Waals surface area (Å²) in [5, 5.41) is 0. The van der Waals surface area contributed by atoms with E-state index in [1.165, 1.54) is 6.07 Å². The standard InChI is InChI=1S/C8H8FN3.ClH/c1-5-3-12-4-6(10)2-7(9)8(12)11-5;/h2-4H,10H2,1H3;1H. The van der Waals surface area contributed by atoms with Crippen molar-refractivity contribution in [1.29, 1.82) is 0 Å². The lowest BCUT2D eigenvalue weighted by Crippen LogP contribution is -1.92. The monoisotopic (exact) mass is 201 g/mol. The molecule has 2 heterocycles. The van der Waals surface area contributed by atoms with Crippen LogP contribution in [0.1, 0.15) is 5.69 Å². The van der Waals surface area contributed by atoms with Crippen molar-refractivity contribution in [1.82, 2.24) is 9.38 Å². The summed E-state index contributed by atoms with van der Waals surface area (Å²) in [7, 11) is 0. The summed E-state index contributed by atoms with van der Waals surface area (Å²) in [6.07, 6.45) is 3.37. The minimum atomic E-state index is -0.386. The minimum Gasteiger partial charge on any atom is -0.397 e. The van der Waals surface area contributed by atoms with E-state index < -0.39 is 0 Å². The molecule has 70 valence electrons. The Morgan fingerprint density at radius 3 is 2.85 bits per heavy atom. The van der Waals surface area contributed by atoms with Gasteiger partial charge in [0.25, 0.3) is 0 Å². The summed E-state index contributed by atoms with van der Waals surface area (Å²) < 4.78 is 14.7. The maximum atomic E-state index is 13.1. The lowest BCUT2D eigenvalue weighted by Gasteiger charge is -1.96. The summed E-state index contributed by atoms with van der Waals surface area (Å²) in [5.74, 6) is -0.386. The Bertz CT molecular complexity index is 438. The lowest BCUT2D eigenvalue weighted by atomic mass is 10.4. The second kappa shape index (κ2) is 3.22. The number of fused-ring (bicyclic) bond motifs is 1. The zero-order valence-electron chi connectivity index (χ0n) is 6.99. The molecule has 0 aromatic carbocycles. The molecular formula is C8H9ClFN3. The fourth-order valence-corrected chi connectivity index (χ4v) is 1.20. The van der Waals surface area contributed by atoms with Crippen molar-refractivity contribution in [3.63, 3.8) is 0 Å². The fourth-order valence-electron chi connectivity index (χ4n) is 1.20. The number of nitrogens with two attached hydrogens (primary N) is 1. The van der Waals surface area contributed by atoms with E-state index in [0.717, 1.165) is 5.69 Å². The molecule has 0 amide bonds. The topological polar surface area (TPSA) is 43.3 Å². The van der Waals surface area contributed by atoms with Crippen molar-refractivity contribution in [2.24, 2.45) is 0 Å². The van der Waals surface area contributed by atoms with E-state index in [0.29, 0.717) is 11.3 Å². The molecule has 0 spiro atoms. The molecule has 0 aliphatic carbocycles. The number of rotatable bonds is 0. The molecule has 0 saturated heterocycles. The molecule has 3 nitrogen and oxygen atoms in total. The summed E-state index contributed by atoms with van der Waals surface area (Å²) in [5.41, 5.74) is 6.94. The van der Waals surface area contributed by atoms with Gasteiger partial charge >= 0.3 is 0 Å². The molecule has 0 aliphatic heterocycles. The van der Waals surface area contributed by atoms with E-state index in [9.17, 15) is 4.39 Å². The zero-order valence-corrected chi connectivity index (χ0v) is 7.81. The Hall–Kier alpha value is -1.29. The van der Waals surface area contributed by atoms with Crippen LogP contribution in [-0.2, 0) is 0 Å². The van der Waals surface area contributed by atoms with E-state index in [4.69, 9.17) is 5.73 Å². The van der Waals surface area contributed by atoms with Gasteiger partial charge in [-0.1, -0.05) is 0 Å². The third-order valence-corrected chi connectivity index (χ3v) is 1.65. The van der Waals surface area contributed by atoms with Crippen LogP contribution in [-0.4, -0.2) is 9.38 Å². The largest absolute Gasteiger partial charge is 0.397 e. The van der Waals surface area contributed by atoms with Crippen LogP contribution < -0.4 is 5.73 Å². The molecule has 0 saturated carbocycles. The van der Waals surface area contributed by atoms with E-state index in [2.05, 4.69) is 4.98 Å². The highest BCUT2D eigenvalue weighted by Crippen LogP contribution is 2.12. The number of halogens is 2. The third-order valence-electron chi connectivity index (χ3n) is 1.65. The Morgan fingerprint density at radius 1 is 1.46 bits per heavy atom. The molecule has 0 aliphatic rings. The van der Waals surface area contributed by atoms with Gasteiger partial charge in [-0.2, -0.15) is 0 Å². The van der Waals surface area contributed by atoms with Crippen molar-refractivity contribution < 1.29 is 4.39 Å². The minimum absolute atomic E-state index is 0. The van der Waals surface area contributed by atoms with Crippen molar-refractivity contribution in [2.45, 2.75) is 6.92 Å². The number of hydrogen-bond donors (Lipinski definition) is 1. The maximum absolute atomic E-state index is 13.1. The smallest absolute Gasteiger partial charge is 0.173 e. The summed E-state index contributed by atoms with van der Waals surface area (Å²) in [6.45, 7) is 1.81. The van der Waals surface area contributed by atoms with E-state index in [-0.39, 0.29) is 18.2 Å². The first-order valence-electron chi connectivity index (χ1n) is 3.57. The van der Waals surface area contributed by atoms with Crippen molar-refractivity contribution in [3.8, 4) is 0 Å². The van der Waals surface area contributed by atoms with Gasteiger partial charge in [0.15, 0.2) is 11.5 Å². The van der Waals surface area contributed by atoms with E-state index in [1.807, 2.05) is 6.92 Å². The lowest BCUT2D eigenvalue weighted by molar-refractivity contribution is 0.630. The number of nitrogens with zero attached hydrogens (tertiary/aromatic N) is 2. The molecule has 0 radical (unpaired) electrons. The van der Waals surface area contributed by atoms with Crippen LogP contribution in [0.15, 0.2) is 18.5 Å². The molecule has 2 aromatic heterocycles. The van der Waals surface area contributed by atoms with Gasteiger partial charge in [0.1, 0.15) is 0 Å².